The molecule has 0 bridgehead atoms. The largest absolute Gasteiger partial charge is 0.484 e. The maximum atomic E-state index is 11.5. The molecule has 2 N–H and O–H groups in total. The molecule has 1 aromatic carbocycles. The molecule has 0 saturated heterocycles. The van der Waals surface area contributed by atoms with Gasteiger partial charge in [0.2, 0.25) is 5.91 Å². The summed E-state index contributed by atoms with van der Waals surface area (Å²) in [6.07, 6.45) is 0. The lowest BCUT2D eigenvalue weighted by molar-refractivity contribution is -0.123. The molecule has 5 nitrogen and oxygen atoms in total. The number of nitrogens with one attached hydrogen (secondary N) is 2. The first-order valence-electron chi connectivity index (χ1n) is 7.03. The minimum atomic E-state index is -0.208. The van der Waals surface area contributed by atoms with E-state index in [1.54, 1.807) is 0 Å². The molecule has 5 heteroatoms. The van der Waals surface area contributed by atoms with E-state index in [-0.39, 0.29) is 23.8 Å². The third-order valence-electron chi connectivity index (χ3n) is 2.91. The van der Waals surface area contributed by atoms with E-state index in [0.717, 1.165) is 0 Å². The zero-order chi connectivity index (χ0) is 15.9. The summed E-state index contributed by atoms with van der Waals surface area (Å²) in [5.41, 5.74) is 1.31. The highest BCUT2D eigenvalue weighted by Crippen LogP contribution is 2.24. The van der Waals surface area contributed by atoms with Gasteiger partial charge in [-0.05, 0) is 23.1 Å². The van der Waals surface area contributed by atoms with Crippen LogP contribution in [0.4, 0.5) is 0 Å². The van der Waals surface area contributed by atoms with Crippen LogP contribution in [0, 0.1) is 0 Å². The maximum absolute atomic E-state index is 11.5. The second-order valence-corrected chi connectivity index (χ2v) is 5.90. The van der Waals surface area contributed by atoms with Gasteiger partial charge in [0.15, 0.2) is 6.61 Å². The molecule has 0 spiro atoms. The topological polar surface area (TPSA) is 67.4 Å². The average Bonchev–Trinajstić information content (AvgIpc) is 2.40. The Morgan fingerprint density at radius 3 is 2.14 bits per heavy atom. The zero-order valence-electron chi connectivity index (χ0n) is 13.2. The Morgan fingerprint density at radius 1 is 1.05 bits per heavy atom. The van der Waals surface area contributed by atoms with Crippen LogP contribution in [0.1, 0.15) is 33.3 Å². The van der Waals surface area contributed by atoms with Crippen molar-refractivity contribution in [2.24, 2.45) is 0 Å². The van der Waals surface area contributed by atoms with Gasteiger partial charge in [0.1, 0.15) is 5.75 Å². The van der Waals surface area contributed by atoms with Gasteiger partial charge in [0.05, 0.1) is 0 Å². The van der Waals surface area contributed by atoms with Crippen molar-refractivity contribution >= 4 is 11.8 Å². The van der Waals surface area contributed by atoms with E-state index in [2.05, 4.69) is 31.4 Å². The molecule has 0 aliphatic heterocycles. The summed E-state index contributed by atoms with van der Waals surface area (Å²) in [6, 6.07) is 7.74. The summed E-state index contributed by atoms with van der Waals surface area (Å²) in [4.78, 5) is 22.2. The summed E-state index contributed by atoms with van der Waals surface area (Å²) >= 11 is 0. The highest BCUT2D eigenvalue weighted by atomic mass is 16.5. The van der Waals surface area contributed by atoms with Gasteiger partial charge in [-0.3, -0.25) is 9.59 Å². The maximum Gasteiger partial charge on any atom is 0.258 e. The van der Waals surface area contributed by atoms with Crippen molar-refractivity contribution in [1.82, 2.24) is 10.6 Å². The van der Waals surface area contributed by atoms with E-state index < -0.39 is 0 Å². The van der Waals surface area contributed by atoms with Crippen molar-refractivity contribution in [2.75, 3.05) is 19.7 Å². The Kier molecular flexibility index (Phi) is 6.21. The molecule has 0 atom stereocenters. The monoisotopic (exact) mass is 292 g/mol. The molecule has 0 heterocycles. The van der Waals surface area contributed by atoms with Gasteiger partial charge in [-0.15, -0.1) is 0 Å². The van der Waals surface area contributed by atoms with Gasteiger partial charge in [-0.2, -0.15) is 0 Å². The van der Waals surface area contributed by atoms with Crippen LogP contribution in [0.5, 0.6) is 5.75 Å². The van der Waals surface area contributed by atoms with E-state index in [9.17, 15) is 9.59 Å². The fraction of sp³-hybridized carbons (Fsp3) is 0.500. The van der Waals surface area contributed by atoms with Crippen LogP contribution in [0.25, 0.3) is 0 Å². The molecule has 0 unspecified atom stereocenters. The lowest BCUT2D eigenvalue weighted by atomic mass is 9.87. The van der Waals surface area contributed by atoms with Crippen LogP contribution in [0.15, 0.2) is 24.3 Å². The number of benzene rings is 1. The summed E-state index contributed by atoms with van der Waals surface area (Å²) in [5, 5.41) is 5.27. The number of carbonyl (C=O) groups excluding carboxylic acids is 2. The Bertz CT molecular complexity index is 475. The molecule has 0 aliphatic carbocycles. The first-order valence-corrected chi connectivity index (χ1v) is 7.03. The third-order valence-corrected chi connectivity index (χ3v) is 2.91. The Hall–Kier alpha value is -2.04. The van der Waals surface area contributed by atoms with Crippen LogP contribution in [0.2, 0.25) is 0 Å². The number of hydrogen-bond acceptors (Lipinski definition) is 3. The van der Waals surface area contributed by atoms with Crippen LogP contribution in [-0.4, -0.2) is 31.5 Å². The van der Waals surface area contributed by atoms with E-state index in [4.69, 9.17) is 4.74 Å². The van der Waals surface area contributed by atoms with Crippen molar-refractivity contribution in [1.29, 1.82) is 0 Å². The fourth-order valence-corrected chi connectivity index (χ4v) is 1.69. The van der Waals surface area contributed by atoms with Crippen LogP contribution < -0.4 is 15.4 Å². The molecule has 21 heavy (non-hydrogen) atoms. The van der Waals surface area contributed by atoms with Crippen LogP contribution >= 0.6 is 0 Å². The lowest BCUT2D eigenvalue weighted by Gasteiger charge is -2.19. The van der Waals surface area contributed by atoms with Gasteiger partial charge in [0, 0.05) is 20.0 Å². The van der Waals surface area contributed by atoms with Crippen LogP contribution in [-0.2, 0) is 15.0 Å². The first-order chi connectivity index (χ1) is 9.79. The summed E-state index contributed by atoms with van der Waals surface area (Å²) < 4.78 is 5.41. The second-order valence-electron chi connectivity index (χ2n) is 5.90. The number of hydrogen-bond donors (Lipinski definition) is 2. The van der Waals surface area contributed by atoms with Gasteiger partial charge >= 0.3 is 0 Å². The van der Waals surface area contributed by atoms with E-state index >= 15 is 0 Å². The third kappa shape index (κ3) is 6.79. The van der Waals surface area contributed by atoms with Crippen molar-refractivity contribution in [3.05, 3.63) is 29.8 Å². The number of rotatable bonds is 6. The van der Waals surface area contributed by atoms with E-state index in [1.807, 2.05) is 24.3 Å². The summed E-state index contributed by atoms with van der Waals surface area (Å²) in [5.74, 6) is 0.347. The number of amides is 2. The van der Waals surface area contributed by atoms with Crippen LogP contribution in [0.3, 0.4) is 0 Å². The summed E-state index contributed by atoms with van der Waals surface area (Å²) in [7, 11) is 0. The average molecular weight is 292 g/mol. The Balaban J connectivity index is 2.31. The molecular weight excluding hydrogens is 268 g/mol. The molecular formula is C16H24N2O3. The molecule has 0 aliphatic rings. The van der Waals surface area contributed by atoms with Gasteiger partial charge in [0.25, 0.3) is 5.91 Å². The Morgan fingerprint density at radius 2 is 1.62 bits per heavy atom. The standard InChI is InChI=1S/C16H24N2O3/c1-12(19)17-9-10-18-15(20)11-21-14-7-5-13(6-8-14)16(2,3)4/h5-8H,9-11H2,1-4H3,(H,17,19)(H,18,20). The van der Waals surface area contributed by atoms with Crippen molar-refractivity contribution < 1.29 is 14.3 Å². The zero-order valence-corrected chi connectivity index (χ0v) is 13.2. The summed E-state index contributed by atoms with van der Waals surface area (Å²) in [6.45, 7) is 8.65. The first kappa shape index (κ1) is 17.0. The smallest absolute Gasteiger partial charge is 0.258 e. The molecule has 0 aromatic heterocycles. The number of carbonyl (C=O) groups is 2. The van der Waals surface area contributed by atoms with Crippen molar-refractivity contribution in [3.8, 4) is 5.75 Å². The molecule has 116 valence electrons. The van der Waals surface area contributed by atoms with Crippen molar-refractivity contribution in [2.45, 2.75) is 33.1 Å². The normalized spacial score (nSPS) is 10.9. The molecule has 0 fully saturated rings. The fourth-order valence-electron chi connectivity index (χ4n) is 1.69. The molecule has 2 amide bonds. The second kappa shape index (κ2) is 7.67. The minimum Gasteiger partial charge on any atom is -0.484 e. The predicted octanol–water partition coefficient (Wildman–Crippen LogP) is 1.62. The lowest BCUT2D eigenvalue weighted by Crippen LogP contribution is -2.36. The predicted molar refractivity (Wildman–Crippen MR) is 82.3 cm³/mol. The molecule has 0 saturated carbocycles. The van der Waals surface area contributed by atoms with Gasteiger partial charge < -0.3 is 15.4 Å². The Labute approximate surface area is 126 Å². The minimum absolute atomic E-state index is 0.0328. The molecule has 0 radical (unpaired) electrons. The molecule has 1 rings (SSSR count). The number of ether oxygens (including phenoxy) is 1. The quantitative estimate of drug-likeness (QED) is 0.783. The van der Waals surface area contributed by atoms with E-state index in [1.165, 1.54) is 12.5 Å². The SMILES string of the molecule is CC(=O)NCCNC(=O)COc1ccc(C(C)(C)C)cc1. The highest BCUT2D eigenvalue weighted by Gasteiger charge is 2.13. The van der Waals surface area contributed by atoms with Gasteiger partial charge in [-0.25, -0.2) is 0 Å². The van der Waals surface area contributed by atoms with E-state index in [0.29, 0.717) is 18.8 Å². The van der Waals surface area contributed by atoms with Gasteiger partial charge in [-0.1, -0.05) is 32.9 Å². The molecule has 1 aromatic rings. The highest BCUT2D eigenvalue weighted by molar-refractivity contribution is 5.77. The van der Waals surface area contributed by atoms with Crippen molar-refractivity contribution in [3.63, 3.8) is 0 Å².